The standard InChI is InChI=1S/C11H14O2/c1-10-6-2-3-7-11(10)13-9-5-4-8-12/h2-7,12H,8-9H2,1H3/b5-4+. The maximum absolute atomic E-state index is 8.48. The van der Waals surface area contributed by atoms with E-state index < -0.39 is 0 Å². The molecule has 2 heteroatoms. The lowest BCUT2D eigenvalue weighted by Gasteiger charge is -2.05. The van der Waals surface area contributed by atoms with Crippen LogP contribution in [0.4, 0.5) is 0 Å². The normalized spacial score (nSPS) is 10.6. The van der Waals surface area contributed by atoms with Crippen molar-refractivity contribution >= 4 is 0 Å². The Labute approximate surface area is 78.5 Å². The van der Waals surface area contributed by atoms with E-state index in [0.717, 1.165) is 11.3 Å². The van der Waals surface area contributed by atoms with Gasteiger partial charge >= 0.3 is 0 Å². The number of ether oxygens (including phenoxy) is 1. The van der Waals surface area contributed by atoms with Crippen LogP contribution in [0.25, 0.3) is 0 Å². The predicted molar refractivity (Wildman–Crippen MR) is 52.9 cm³/mol. The Morgan fingerprint density at radius 2 is 2.08 bits per heavy atom. The molecule has 0 radical (unpaired) electrons. The van der Waals surface area contributed by atoms with Crippen molar-refractivity contribution in [2.75, 3.05) is 13.2 Å². The van der Waals surface area contributed by atoms with Gasteiger partial charge in [0.2, 0.25) is 0 Å². The Kier molecular flexibility index (Phi) is 4.06. The van der Waals surface area contributed by atoms with E-state index >= 15 is 0 Å². The average molecular weight is 178 g/mol. The number of para-hydroxylation sites is 1. The summed E-state index contributed by atoms with van der Waals surface area (Å²) in [5.41, 5.74) is 1.12. The van der Waals surface area contributed by atoms with Crippen molar-refractivity contribution in [1.29, 1.82) is 0 Å². The van der Waals surface area contributed by atoms with Crippen LogP contribution in [0.3, 0.4) is 0 Å². The lowest BCUT2D eigenvalue weighted by atomic mass is 10.2. The maximum atomic E-state index is 8.48. The van der Waals surface area contributed by atoms with Crippen LogP contribution in [0.1, 0.15) is 5.56 Å². The van der Waals surface area contributed by atoms with Crippen LogP contribution in [-0.2, 0) is 0 Å². The first-order valence-corrected chi connectivity index (χ1v) is 4.29. The van der Waals surface area contributed by atoms with Gasteiger partial charge in [0.15, 0.2) is 0 Å². The van der Waals surface area contributed by atoms with Crippen LogP contribution in [0.2, 0.25) is 0 Å². The highest BCUT2D eigenvalue weighted by Crippen LogP contribution is 2.15. The van der Waals surface area contributed by atoms with Crippen LogP contribution >= 0.6 is 0 Å². The van der Waals surface area contributed by atoms with Gasteiger partial charge in [-0.05, 0) is 24.6 Å². The quantitative estimate of drug-likeness (QED) is 0.714. The van der Waals surface area contributed by atoms with Crippen LogP contribution in [0.15, 0.2) is 36.4 Å². The zero-order chi connectivity index (χ0) is 9.52. The summed E-state index contributed by atoms with van der Waals surface area (Å²) in [6.45, 7) is 2.58. The van der Waals surface area contributed by atoms with Crippen LogP contribution in [0.5, 0.6) is 5.75 Å². The summed E-state index contributed by atoms with van der Waals surface area (Å²) in [5, 5.41) is 8.48. The highest BCUT2D eigenvalue weighted by molar-refractivity contribution is 5.31. The summed E-state index contributed by atoms with van der Waals surface area (Å²) in [4.78, 5) is 0. The molecule has 1 aromatic rings. The number of hydrogen-bond donors (Lipinski definition) is 1. The van der Waals surface area contributed by atoms with E-state index in [4.69, 9.17) is 9.84 Å². The molecule has 0 unspecified atom stereocenters. The topological polar surface area (TPSA) is 29.5 Å². The highest BCUT2D eigenvalue weighted by atomic mass is 16.5. The Morgan fingerprint density at radius 1 is 1.31 bits per heavy atom. The fourth-order valence-electron chi connectivity index (χ4n) is 0.999. The van der Waals surface area contributed by atoms with Gasteiger partial charge in [0.25, 0.3) is 0 Å². The molecule has 0 spiro atoms. The molecule has 0 aromatic heterocycles. The van der Waals surface area contributed by atoms with Crippen molar-refractivity contribution in [2.24, 2.45) is 0 Å². The molecule has 1 rings (SSSR count). The van der Waals surface area contributed by atoms with Crippen molar-refractivity contribution < 1.29 is 9.84 Å². The summed E-state index contributed by atoms with van der Waals surface area (Å²) in [5.74, 6) is 0.894. The number of rotatable bonds is 4. The molecule has 0 saturated carbocycles. The van der Waals surface area contributed by atoms with Crippen molar-refractivity contribution in [3.05, 3.63) is 42.0 Å². The van der Waals surface area contributed by atoms with E-state index in [9.17, 15) is 0 Å². The van der Waals surface area contributed by atoms with E-state index in [2.05, 4.69) is 0 Å². The minimum Gasteiger partial charge on any atom is -0.489 e. The Bertz CT molecular complexity index is 279. The van der Waals surface area contributed by atoms with E-state index in [1.807, 2.05) is 31.2 Å². The van der Waals surface area contributed by atoms with Gasteiger partial charge in [-0.1, -0.05) is 24.3 Å². The molecule has 70 valence electrons. The van der Waals surface area contributed by atoms with Crippen molar-refractivity contribution in [3.63, 3.8) is 0 Å². The summed E-state index contributed by atoms with van der Waals surface area (Å²) >= 11 is 0. The van der Waals surface area contributed by atoms with Crippen molar-refractivity contribution in [2.45, 2.75) is 6.92 Å². The fraction of sp³-hybridized carbons (Fsp3) is 0.273. The first-order valence-electron chi connectivity index (χ1n) is 4.29. The van der Waals surface area contributed by atoms with Crippen LogP contribution < -0.4 is 4.74 Å². The lowest BCUT2D eigenvalue weighted by molar-refractivity contribution is 0.336. The Balaban J connectivity index is 2.45. The molecular weight excluding hydrogens is 164 g/mol. The number of aryl methyl sites for hydroxylation is 1. The monoisotopic (exact) mass is 178 g/mol. The van der Waals surface area contributed by atoms with Gasteiger partial charge in [-0.2, -0.15) is 0 Å². The molecule has 13 heavy (non-hydrogen) atoms. The third kappa shape index (κ3) is 3.30. The zero-order valence-electron chi connectivity index (χ0n) is 7.73. The summed E-state index contributed by atoms with van der Waals surface area (Å²) < 4.78 is 5.44. The van der Waals surface area contributed by atoms with E-state index in [0.29, 0.717) is 6.61 Å². The summed E-state index contributed by atoms with van der Waals surface area (Å²) in [7, 11) is 0. The number of benzene rings is 1. The van der Waals surface area contributed by atoms with Gasteiger partial charge in [-0.15, -0.1) is 0 Å². The molecule has 0 aliphatic heterocycles. The number of aliphatic hydroxyl groups excluding tert-OH is 1. The molecule has 0 saturated heterocycles. The highest BCUT2D eigenvalue weighted by Gasteiger charge is 1.94. The molecule has 1 aromatic carbocycles. The minimum absolute atomic E-state index is 0.0666. The maximum Gasteiger partial charge on any atom is 0.122 e. The van der Waals surface area contributed by atoms with Gasteiger partial charge in [0.05, 0.1) is 6.61 Å². The van der Waals surface area contributed by atoms with Gasteiger partial charge < -0.3 is 9.84 Å². The molecule has 0 fully saturated rings. The zero-order valence-corrected chi connectivity index (χ0v) is 7.73. The predicted octanol–water partition coefficient (Wildman–Crippen LogP) is 1.92. The van der Waals surface area contributed by atoms with Gasteiger partial charge in [0.1, 0.15) is 12.4 Å². The van der Waals surface area contributed by atoms with Crippen molar-refractivity contribution in [1.82, 2.24) is 0 Å². The van der Waals surface area contributed by atoms with Gasteiger partial charge in [-0.25, -0.2) is 0 Å². The number of hydrogen-bond acceptors (Lipinski definition) is 2. The minimum atomic E-state index is 0.0666. The van der Waals surface area contributed by atoms with E-state index in [1.54, 1.807) is 12.2 Å². The molecule has 0 bridgehead atoms. The lowest BCUT2D eigenvalue weighted by Crippen LogP contribution is -1.95. The molecule has 1 N–H and O–H groups in total. The van der Waals surface area contributed by atoms with E-state index in [-0.39, 0.29) is 6.61 Å². The molecule has 0 aliphatic rings. The first-order chi connectivity index (χ1) is 6.34. The molecule has 0 aliphatic carbocycles. The third-order valence-electron chi connectivity index (χ3n) is 1.70. The fourth-order valence-corrected chi connectivity index (χ4v) is 0.999. The molecule has 2 nitrogen and oxygen atoms in total. The van der Waals surface area contributed by atoms with Crippen molar-refractivity contribution in [3.8, 4) is 5.75 Å². The van der Waals surface area contributed by atoms with Gasteiger partial charge in [0, 0.05) is 0 Å². The Hall–Kier alpha value is -1.28. The van der Waals surface area contributed by atoms with E-state index in [1.165, 1.54) is 0 Å². The number of aliphatic hydroxyl groups is 1. The average Bonchev–Trinajstić information content (AvgIpc) is 2.15. The molecule has 0 heterocycles. The van der Waals surface area contributed by atoms with Crippen LogP contribution in [0, 0.1) is 6.92 Å². The van der Waals surface area contributed by atoms with Crippen LogP contribution in [-0.4, -0.2) is 18.3 Å². The second kappa shape index (κ2) is 5.38. The largest absolute Gasteiger partial charge is 0.489 e. The molecule has 0 amide bonds. The smallest absolute Gasteiger partial charge is 0.122 e. The SMILES string of the molecule is Cc1ccccc1OC/C=C/CO. The summed E-state index contributed by atoms with van der Waals surface area (Å²) in [6.07, 6.45) is 3.46. The summed E-state index contributed by atoms with van der Waals surface area (Å²) in [6, 6.07) is 7.86. The first kappa shape index (κ1) is 9.81. The molecule has 0 atom stereocenters. The second-order valence-electron chi connectivity index (χ2n) is 2.73. The van der Waals surface area contributed by atoms with Gasteiger partial charge in [-0.3, -0.25) is 0 Å². The molecular formula is C11H14O2. The Morgan fingerprint density at radius 3 is 2.77 bits per heavy atom. The second-order valence-corrected chi connectivity index (χ2v) is 2.73. The third-order valence-corrected chi connectivity index (χ3v) is 1.70.